The second kappa shape index (κ2) is 5.12. The maximum atomic E-state index is 10.9. The van der Waals surface area contributed by atoms with Crippen molar-refractivity contribution >= 4 is 5.97 Å². The fourth-order valence-electron chi connectivity index (χ4n) is 1.80. The molecule has 3 heteroatoms. The van der Waals surface area contributed by atoms with Crippen LogP contribution in [0.3, 0.4) is 0 Å². The van der Waals surface area contributed by atoms with Crippen LogP contribution in [-0.2, 0) is 10.4 Å². The highest BCUT2D eigenvalue weighted by atomic mass is 16.4. The standard InChI is InChI=1S/C13H18O3/c1-3-10(12(14)15)9-13(2,16)11-7-5-4-6-8-11/h4-8,10,16H,3,9H2,1-2H3,(H,14,15). The van der Waals surface area contributed by atoms with E-state index < -0.39 is 17.5 Å². The largest absolute Gasteiger partial charge is 0.481 e. The molecule has 0 aliphatic rings. The van der Waals surface area contributed by atoms with Gasteiger partial charge in [-0.15, -0.1) is 0 Å². The average Bonchev–Trinajstić information content (AvgIpc) is 2.27. The van der Waals surface area contributed by atoms with Gasteiger partial charge in [-0.25, -0.2) is 0 Å². The Balaban J connectivity index is 2.82. The van der Waals surface area contributed by atoms with Gasteiger partial charge in [0.15, 0.2) is 0 Å². The minimum absolute atomic E-state index is 0.239. The van der Waals surface area contributed by atoms with Gasteiger partial charge in [-0.2, -0.15) is 0 Å². The van der Waals surface area contributed by atoms with Crippen molar-refractivity contribution < 1.29 is 15.0 Å². The summed E-state index contributed by atoms with van der Waals surface area (Å²) in [6.45, 7) is 3.48. The summed E-state index contributed by atoms with van der Waals surface area (Å²) in [5.41, 5.74) is -0.324. The molecule has 0 saturated heterocycles. The van der Waals surface area contributed by atoms with Crippen LogP contribution in [0.15, 0.2) is 30.3 Å². The van der Waals surface area contributed by atoms with Crippen LogP contribution in [0, 0.1) is 5.92 Å². The Morgan fingerprint density at radius 2 is 1.94 bits per heavy atom. The Hall–Kier alpha value is -1.35. The number of carbonyl (C=O) groups is 1. The van der Waals surface area contributed by atoms with E-state index in [1.807, 2.05) is 37.3 Å². The fourth-order valence-corrected chi connectivity index (χ4v) is 1.80. The zero-order valence-electron chi connectivity index (χ0n) is 9.68. The first-order valence-corrected chi connectivity index (χ1v) is 5.48. The molecule has 3 nitrogen and oxygen atoms in total. The predicted octanol–water partition coefficient (Wildman–Crippen LogP) is 2.39. The Morgan fingerprint density at radius 1 is 1.38 bits per heavy atom. The third kappa shape index (κ3) is 3.07. The van der Waals surface area contributed by atoms with E-state index in [-0.39, 0.29) is 6.42 Å². The minimum atomic E-state index is -1.08. The van der Waals surface area contributed by atoms with Gasteiger partial charge in [-0.1, -0.05) is 37.3 Å². The normalized spacial score (nSPS) is 16.4. The number of carboxylic acids is 1. The maximum Gasteiger partial charge on any atom is 0.306 e. The summed E-state index contributed by atoms with van der Waals surface area (Å²) in [7, 11) is 0. The Labute approximate surface area is 95.7 Å². The van der Waals surface area contributed by atoms with Crippen LogP contribution in [0.1, 0.15) is 32.3 Å². The molecule has 0 aromatic heterocycles. The average molecular weight is 222 g/mol. The lowest BCUT2D eigenvalue weighted by Gasteiger charge is -2.26. The van der Waals surface area contributed by atoms with Crippen molar-refractivity contribution in [2.75, 3.05) is 0 Å². The van der Waals surface area contributed by atoms with Gasteiger partial charge < -0.3 is 10.2 Å². The highest BCUT2D eigenvalue weighted by Gasteiger charge is 2.29. The summed E-state index contributed by atoms with van der Waals surface area (Å²) >= 11 is 0. The third-order valence-electron chi connectivity index (χ3n) is 2.88. The van der Waals surface area contributed by atoms with E-state index in [2.05, 4.69) is 0 Å². The summed E-state index contributed by atoms with van der Waals surface area (Å²) in [4.78, 5) is 10.9. The molecular weight excluding hydrogens is 204 g/mol. The van der Waals surface area contributed by atoms with Gasteiger partial charge >= 0.3 is 5.97 Å². The van der Waals surface area contributed by atoms with Gasteiger partial charge in [0.1, 0.15) is 0 Å². The van der Waals surface area contributed by atoms with Gasteiger partial charge in [0, 0.05) is 0 Å². The molecule has 1 aromatic rings. The van der Waals surface area contributed by atoms with Crippen molar-refractivity contribution in [1.29, 1.82) is 0 Å². The molecule has 88 valence electrons. The molecule has 0 heterocycles. The van der Waals surface area contributed by atoms with Crippen LogP contribution in [0.25, 0.3) is 0 Å². The molecule has 0 aliphatic heterocycles. The van der Waals surface area contributed by atoms with Crippen molar-refractivity contribution in [3.63, 3.8) is 0 Å². The van der Waals surface area contributed by atoms with Gasteiger partial charge in [0.05, 0.1) is 11.5 Å². The van der Waals surface area contributed by atoms with Crippen molar-refractivity contribution in [3.05, 3.63) is 35.9 Å². The first-order chi connectivity index (χ1) is 7.47. The summed E-state index contributed by atoms with van der Waals surface area (Å²) in [5.74, 6) is -1.35. The van der Waals surface area contributed by atoms with Crippen molar-refractivity contribution in [2.24, 2.45) is 5.92 Å². The lowest BCUT2D eigenvalue weighted by atomic mass is 9.85. The fraction of sp³-hybridized carbons (Fsp3) is 0.462. The topological polar surface area (TPSA) is 57.5 Å². The third-order valence-corrected chi connectivity index (χ3v) is 2.88. The second-order valence-corrected chi connectivity index (χ2v) is 4.29. The molecule has 0 amide bonds. The predicted molar refractivity (Wildman–Crippen MR) is 62.0 cm³/mol. The first kappa shape index (κ1) is 12.7. The smallest absolute Gasteiger partial charge is 0.306 e. The maximum absolute atomic E-state index is 10.9. The van der Waals surface area contributed by atoms with Crippen LogP contribution < -0.4 is 0 Å². The Kier molecular flexibility index (Phi) is 4.07. The van der Waals surface area contributed by atoms with Gasteiger partial charge in [-0.05, 0) is 25.3 Å². The number of rotatable bonds is 5. The van der Waals surface area contributed by atoms with E-state index in [1.165, 1.54) is 0 Å². The van der Waals surface area contributed by atoms with Crippen LogP contribution in [0.5, 0.6) is 0 Å². The molecule has 16 heavy (non-hydrogen) atoms. The van der Waals surface area contributed by atoms with Crippen LogP contribution >= 0.6 is 0 Å². The summed E-state index contributed by atoms with van der Waals surface area (Å²) in [6, 6.07) is 9.17. The number of hydrogen-bond acceptors (Lipinski definition) is 2. The summed E-state index contributed by atoms with van der Waals surface area (Å²) in [5, 5.41) is 19.2. The van der Waals surface area contributed by atoms with Gasteiger partial charge in [0.2, 0.25) is 0 Å². The first-order valence-electron chi connectivity index (χ1n) is 5.48. The quantitative estimate of drug-likeness (QED) is 0.804. The number of carboxylic acid groups (broad SMARTS) is 1. The van der Waals surface area contributed by atoms with Crippen molar-refractivity contribution in [3.8, 4) is 0 Å². The lowest BCUT2D eigenvalue weighted by Crippen LogP contribution is -2.28. The monoisotopic (exact) mass is 222 g/mol. The number of hydrogen-bond donors (Lipinski definition) is 2. The van der Waals surface area contributed by atoms with Crippen LogP contribution in [-0.4, -0.2) is 16.2 Å². The zero-order valence-corrected chi connectivity index (χ0v) is 9.68. The molecule has 0 aliphatic carbocycles. The van der Waals surface area contributed by atoms with Crippen molar-refractivity contribution in [1.82, 2.24) is 0 Å². The molecule has 2 atom stereocenters. The van der Waals surface area contributed by atoms with Crippen LogP contribution in [0.2, 0.25) is 0 Å². The molecule has 0 radical (unpaired) electrons. The Bertz CT molecular complexity index is 343. The highest BCUT2D eigenvalue weighted by Crippen LogP contribution is 2.29. The molecule has 0 spiro atoms. The molecule has 0 fully saturated rings. The number of benzene rings is 1. The Morgan fingerprint density at radius 3 is 2.38 bits per heavy atom. The number of aliphatic carboxylic acids is 1. The van der Waals surface area contributed by atoms with Crippen LogP contribution in [0.4, 0.5) is 0 Å². The molecule has 2 unspecified atom stereocenters. The molecule has 0 saturated carbocycles. The van der Waals surface area contributed by atoms with E-state index in [1.54, 1.807) is 6.92 Å². The zero-order chi connectivity index (χ0) is 12.2. The van der Waals surface area contributed by atoms with Crippen molar-refractivity contribution in [2.45, 2.75) is 32.3 Å². The highest BCUT2D eigenvalue weighted by molar-refractivity contribution is 5.70. The molecule has 1 rings (SSSR count). The summed E-state index contributed by atoms with van der Waals surface area (Å²) < 4.78 is 0. The second-order valence-electron chi connectivity index (χ2n) is 4.29. The summed E-state index contributed by atoms with van der Waals surface area (Å²) in [6.07, 6.45) is 0.765. The number of aliphatic hydroxyl groups is 1. The minimum Gasteiger partial charge on any atom is -0.481 e. The SMILES string of the molecule is CCC(CC(C)(O)c1ccccc1)C(=O)O. The van der Waals surface area contributed by atoms with E-state index >= 15 is 0 Å². The van der Waals surface area contributed by atoms with Gasteiger partial charge in [-0.3, -0.25) is 4.79 Å². The molecular formula is C13H18O3. The van der Waals surface area contributed by atoms with E-state index in [0.717, 1.165) is 5.56 Å². The van der Waals surface area contributed by atoms with Gasteiger partial charge in [0.25, 0.3) is 0 Å². The van der Waals surface area contributed by atoms with E-state index in [0.29, 0.717) is 6.42 Å². The molecule has 0 bridgehead atoms. The van der Waals surface area contributed by atoms with E-state index in [4.69, 9.17) is 5.11 Å². The molecule has 1 aromatic carbocycles. The van der Waals surface area contributed by atoms with E-state index in [9.17, 15) is 9.90 Å². The molecule has 2 N–H and O–H groups in total. The lowest BCUT2D eigenvalue weighted by molar-refractivity contribution is -0.144.